The Balaban J connectivity index is 2.28. The third-order valence-electron chi connectivity index (χ3n) is 3.58. The molecule has 6 heteroatoms. The Kier molecular flexibility index (Phi) is 3.81. The lowest BCUT2D eigenvalue weighted by molar-refractivity contribution is -0.678. The zero-order valence-electron chi connectivity index (χ0n) is 12.0. The average molecular weight is 317 g/mol. The maximum atomic E-state index is 12.6. The molecule has 2 heterocycles. The van der Waals surface area contributed by atoms with E-state index in [-0.39, 0.29) is 16.6 Å². The molecule has 0 saturated heterocycles. The molecule has 0 saturated carbocycles. The van der Waals surface area contributed by atoms with Crippen molar-refractivity contribution in [3.63, 3.8) is 0 Å². The number of hydrogen-bond acceptors (Lipinski definition) is 3. The molecule has 0 amide bonds. The van der Waals surface area contributed by atoms with E-state index in [0.717, 1.165) is 5.56 Å². The number of nitrogens with zero attached hydrogens (tertiary/aromatic N) is 3. The second kappa shape index (κ2) is 5.77. The molecule has 0 atom stereocenters. The molecule has 2 aromatic heterocycles. The van der Waals surface area contributed by atoms with Gasteiger partial charge in [-0.3, -0.25) is 0 Å². The van der Waals surface area contributed by atoms with Crippen molar-refractivity contribution < 1.29 is 9.67 Å². The lowest BCUT2D eigenvalue weighted by atomic mass is 10.1. The monoisotopic (exact) mass is 316 g/mol. The molecule has 0 aliphatic rings. The minimum atomic E-state index is -0.358. The van der Waals surface area contributed by atoms with Crippen LogP contribution in [0, 0.1) is 0 Å². The van der Waals surface area contributed by atoms with E-state index in [1.165, 1.54) is 4.52 Å². The van der Waals surface area contributed by atoms with Crippen LogP contribution in [-0.4, -0.2) is 14.7 Å². The number of fused-ring (bicyclic) bond motifs is 1. The molecule has 0 spiro atoms. The van der Waals surface area contributed by atoms with Crippen LogP contribution in [0.25, 0.3) is 5.65 Å². The van der Waals surface area contributed by atoms with E-state index in [1.807, 2.05) is 37.3 Å². The first-order valence-electron chi connectivity index (χ1n) is 6.99. The summed E-state index contributed by atoms with van der Waals surface area (Å²) in [6.45, 7) is 2.41. The minimum Gasteiger partial charge on any atom is -0.477 e. The standard InChI is InChI=1S/C16H14ClN3O2/c1-2-19-14-9-8-13(17)18-20(14)16(22)12(15(19)21)10-11-6-4-3-5-7-11/h3-9H,2,10H2,1H3/p+1. The molecule has 0 fully saturated rings. The number of rotatable bonds is 3. The van der Waals surface area contributed by atoms with Gasteiger partial charge in [0, 0.05) is 12.5 Å². The second-order valence-corrected chi connectivity index (χ2v) is 5.33. The molecule has 3 rings (SSSR count). The summed E-state index contributed by atoms with van der Waals surface area (Å²) in [5.41, 5.74) is 1.40. The van der Waals surface area contributed by atoms with E-state index in [9.17, 15) is 9.90 Å². The molecule has 1 N–H and O–H groups in total. The fraction of sp³-hybridized carbons (Fsp3) is 0.188. The molecule has 0 aliphatic carbocycles. The van der Waals surface area contributed by atoms with Crippen LogP contribution in [-0.2, 0) is 13.0 Å². The first-order valence-corrected chi connectivity index (χ1v) is 7.36. The maximum absolute atomic E-state index is 12.6. The molecule has 3 aromatic rings. The van der Waals surface area contributed by atoms with Gasteiger partial charge in [0.2, 0.25) is 0 Å². The van der Waals surface area contributed by atoms with Crippen molar-refractivity contribution in [2.45, 2.75) is 19.9 Å². The van der Waals surface area contributed by atoms with Gasteiger partial charge in [0.15, 0.2) is 5.15 Å². The Labute approximate surface area is 132 Å². The highest BCUT2D eigenvalue weighted by molar-refractivity contribution is 6.29. The predicted molar refractivity (Wildman–Crippen MR) is 83.3 cm³/mol. The Morgan fingerprint density at radius 1 is 1.23 bits per heavy atom. The number of aromatic hydroxyl groups is 1. The molecule has 0 unspecified atom stereocenters. The Hall–Kier alpha value is -2.40. The largest absolute Gasteiger partial charge is 0.477 e. The van der Waals surface area contributed by atoms with Crippen LogP contribution in [0.4, 0.5) is 0 Å². The molecule has 112 valence electrons. The average Bonchev–Trinajstić information content (AvgIpc) is 2.53. The van der Waals surface area contributed by atoms with Crippen LogP contribution in [0.3, 0.4) is 0 Å². The highest BCUT2D eigenvalue weighted by Crippen LogP contribution is 2.15. The zero-order chi connectivity index (χ0) is 15.7. The summed E-state index contributed by atoms with van der Waals surface area (Å²) in [7, 11) is 0. The SMILES string of the molecule is CC[n+]1c(O)c(Cc2ccccc2)c(=O)n2nc(Cl)ccc21. The highest BCUT2D eigenvalue weighted by atomic mass is 35.5. The van der Waals surface area contributed by atoms with Crippen LogP contribution in [0.15, 0.2) is 47.3 Å². The Bertz CT molecular complexity index is 891. The molecule has 0 bridgehead atoms. The van der Waals surface area contributed by atoms with Gasteiger partial charge in [-0.15, -0.1) is 0 Å². The Morgan fingerprint density at radius 2 is 1.95 bits per heavy atom. The van der Waals surface area contributed by atoms with Crippen LogP contribution in [0.5, 0.6) is 5.88 Å². The summed E-state index contributed by atoms with van der Waals surface area (Å²) in [6.07, 6.45) is 0.336. The zero-order valence-corrected chi connectivity index (χ0v) is 12.8. The van der Waals surface area contributed by atoms with Gasteiger partial charge in [-0.05, 0) is 18.6 Å². The van der Waals surface area contributed by atoms with E-state index in [4.69, 9.17) is 11.6 Å². The minimum absolute atomic E-state index is 0.0273. The van der Waals surface area contributed by atoms with Gasteiger partial charge in [0.25, 0.3) is 5.88 Å². The van der Waals surface area contributed by atoms with Crippen molar-refractivity contribution in [2.24, 2.45) is 0 Å². The van der Waals surface area contributed by atoms with Crippen LogP contribution >= 0.6 is 11.6 Å². The van der Waals surface area contributed by atoms with E-state index in [2.05, 4.69) is 5.10 Å². The Morgan fingerprint density at radius 3 is 2.64 bits per heavy atom. The predicted octanol–water partition coefficient (Wildman–Crippen LogP) is 1.95. The molecule has 5 nitrogen and oxygen atoms in total. The number of benzene rings is 1. The molecule has 0 radical (unpaired) electrons. The summed E-state index contributed by atoms with van der Waals surface area (Å²) in [6, 6.07) is 12.8. The van der Waals surface area contributed by atoms with Crippen molar-refractivity contribution in [2.75, 3.05) is 0 Å². The van der Waals surface area contributed by atoms with E-state index in [0.29, 0.717) is 24.2 Å². The van der Waals surface area contributed by atoms with E-state index < -0.39 is 0 Å². The van der Waals surface area contributed by atoms with Crippen LogP contribution < -0.4 is 10.1 Å². The first kappa shape index (κ1) is 14.5. The van der Waals surface area contributed by atoms with Gasteiger partial charge in [0.1, 0.15) is 5.56 Å². The lowest BCUT2D eigenvalue weighted by Gasteiger charge is -2.07. The van der Waals surface area contributed by atoms with E-state index >= 15 is 0 Å². The second-order valence-electron chi connectivity index (χ2n) is 4.94. The van der Waals surface area contributed by atoms with Gasteiger partial charge >= 0.3 is 11.2 Å². The number of halogens is 1. The summed E-state index contributed by atoms with van der Waals surface area (Å²) >= 11 is 5.90. The van der Waals surface area contributed by atoms with Gasteiger partial charge in [-0.1, -0.05) is 51.5 Å². The fourth-order valence-electron chi connectivity index (χ4n) is 2.51. The lowest BCUT2D eigenvalue weighted by Crippen LogP contribution is -2.41. The number of aromatic nitrogens is 3. The van der Waals surface area contributed by atoms with Crippen molar-refractivity contribution in [1.29, 1.82) is 0 Å². The molecule has 0 aliphatic heterocycles. The normalized spacial score (nSPS) is 11.0. The first-order chi connectivity index (χ1) is 10.6. The molecular weight excluding hydrogens is 302 g/mol. The molecule has 1 aromatic carbocycles. The summed E-state index contributed by atoms with van der Waals surface area (Å²) in [5, 5.41) is 14.8. The molecular formula is C16H15ClN3O2+. The van der Waals surface area contributed by atoms with Gasteiger partial charge in [0.05, 0.1) is 6.54 Å². The summed E-state index contributed by atoms with van der Waals surface area (Å²) in [5.74, 6) is -0.0273. The fourth-order valence-corrected chi connectivity index (χ4v) is 2.65. The number of aryl methyl sites for hydroxylation is 1. The highest BCUT2D eigenvalue weighted by Gasteiger charge is 2.24. The van der Waals surface area contributed by atoms with Crippen LogP contribution in [0.1, 0.15) is 18.1 Å². The van der Waals surface area contributed by atoms with Crippen LogP contribution in [0.2, 0.25) is 5.15 Å². The van der Waals surface area contributed by atoms with Gasteiger partial charge < -0.3 is 5.11 Å². The van der Waals surface area contributed by atoms with Crippen molar-refractivity contribution in [3.8, 4) is 5.88 Å². The number of hydrogen-bond donors (Lipinski definition) is 1. The summed E-state index contributed by atoms with van der Waals surface area (Å²) < 4.78 is 2.88. The molecule has 22 heavy (non-hydrogen) atoms. The van der Waals surface area contributed by atoms with Crippen molar-refractivity contribution >= 4 is 17.2 Å². The van der Waals surface area contributed by atoms with E-state index in [1.54, 1.807) is 16.7 Å². The van der Waals surface area contributed by atoms with Crippen molar-refractivity contribution in [1.82, 2.24) is 9.61 Å². The third kappa shape index (κ3) is 2.44. The van der Waals surface area contributed by atoms with Gasteiger partial charge in [-0.25, -0.2) is 4.79 Å². The smallest absolute Gasteiger partial charge is 0.370 e. The van der Waals surface area contributed by atoms with Gasteiger partial charge in [-0.2, -0.15) is 4.57 Å². The quantitative estimate of drug-likeness (QED) is 0.751. The topological polar surface area (TPSA) is 58.5 Å². The third-order valence-corrected chi connectivity index (χ3v) is 3.78. The van der Waals surface area contributed by atoms with Crippen molar-refractivity contribution in [3.05, 3.63) is 69.1 Å². The maximum Gasteiger partial charge on any atom is 0.370 e. The summed E-state index contributed by atoms with van der Waals surface area (Å²) in [4.78, 5) is 12.6.